The van der Waals surface area contributed by atoms with Crippen LogP contribution in [-0.4, -0.2) is 56.5 Å². The molecule has 1 heterocycles. The summed E-state index contributed by atoms with van der Waals surface area (Å²) in [5.74, 6) is -1.83. The van der Waals surface area contributed by atoms with Gasteiger partial charge in [-0.15, -0.1) is 0 Å². The van der Waals surface area contributed by atoms with Gasteiger partial charge in [-0.2, -0.15) is 0 Å². The quantitative estimate of drug-likeness (QED) is 0.730. The predicted octanol–water partition coefficient (Wildman–Crippen LogP) is -0.528. The lowest BCUT2D eigenvalue weighted by Gasteiger charge is -2.25. The number of rotatable bonds is 6. The number of hydrogen-bond donors (Lipinski definition) is 2. The van der Waals surface area contributed by atoms with Crippen molar-refractivity contribution in [2.45, 2.75) is 19.9 Å². The molecular formula is C12H18N4O4. The van der Waals surface area contributed by atoms with Crippen LogP contribution in [0.3, 0.4) is 0 Å². The molecule has 2 amide bonds. The van der Waals surface area contributed by atoms with E-state index in [0.717, 1.165) is 0 Å². The Bertz CT molecular complexity index is 511. The Labute approximate surface area is 116 Å². The first-order valence-electron chi connectivity index (χ1n) is 6.09. The van der Waals surface area contributed by atoms with Crippen molar-refractivity contribution < 1.29 is 19.5 Å². The molecular weight excluding hydrogens is 264 g/mol. The average Bonchev–Trinajstić information content (AvgIpc) is 2.79. The van der Waals surface area contributed by atoms with Gasteiger partial charge in [-0.05, 0) is 6.92 Å². The Balaban J connectivity index is 2.83. The van der Waals surface area contributed by atoms with E-state index in [4.69, 9.17) is 5.11 Å². The second kappa shape index (κ2) is 6.69. The summed E-state index contributed by atoms with van der Waals surface area (Å²) in [5.41, 5.74) is 0.170. The monoisotopic (exact) mass is 282 g/mol. The molecule has 1 unspecified atom stereocenters. The van der Waals surface area contributed by atoms with Crippen LogP contribution >= 0.6 is 0 Å². The highest BCUT2D eigenvalue weighted by Gasteiger charge is 2.27. The number of carboxylic acid groups (broad SMARTS) is 1. The van der Waals surface area contributed by atoms with Gasteiger partial charge in [0, 0.05) is 33.3 Å². The molecule has 1 atom stereocenters. The SMILES string of the molecule is CC(=O)NCCN(C(=O)c1cn(C)cn1)C(C)C(=O)O. The van der Waals surface area contributed by atoms with E-state index in [1.165, 1.54) is 31.3 Å². The number of amides is 2. The number of hydrogen-bond acceptors (Lipinski definition) is 4. The van der Waals surface area contributed by atoms with E-state index in [1.54, 1.807) is 11.6 Å². The Morgan fingerprint density at radius 3 is 2.60 bits per heavy atom. The van der Waals surface area contributed by atoms with Crippen molar-refractivity contribution in [2.24, 2.45) is 7.05 Å². The normalized spacial score (nSPS) is 11.8. The summed E-state index contributed by atoms with van der Waals surface area (Å²) in [6.07, 6.45) is 2.98. The predicted molar refractivity (Wildman–Crippen MR) is 70.0 cm³/mol. The minimum Gasteiger partial charge on any atom is -0.480 e. The number of aliphatic carboxylic acids is 1. The highest BCUT2D eigenvalue weighted by atomic mass is 16.4. The number of nitrogens with zero attached hydrogens (tertiary/aromatic N) is 3. The Hall–Kier alpha value is -2.38. The van der Waals surface area contributed by atoms with Crippen LogP contribution in [0.5, 0.6) is 0 Å². The van der Waals surface area contributed by atoms with Crippen molar-refractivity contribution in [3.05, 3.63) is 18.2 Å². The van der Waals surface area contributed by atoms with Gasteiger partial charge in [0.15, 0.2) is 0 Å². The van der Waals surface area contributed by atoms with Gasteiger partial charge in [-0.3, -0.25) is 9.59 Å². The number of aryl methyl sites for hydroxylation is 1. The van der Waals surface area contributed by atoms with E-state index >= 15 is 0 Å². The highest BCUT2D eigenvalue weighted by Crippen LogP contribution is 2.06. The molecule has 0 fully saturated rings. The van der Waals surface area contributed by atoms with Crippen LogP contribution in [0, 0.1) is 0 Å². The standard InChI is InChI=1S/C12H18N4O4/c1-8(12(19)20)16(5-4-13-9(2)17)11(18)10-6-15(3)7-14-10/h6-8H,4-5H2,1-3H3,(H,13,17)(H,19,20). The molecule has 1 aromatic rings. The van der Waals surface area contributed by atoms with Gasteiger partial charge < -0.3 is 19.9 Å². The van der Waals surface area contributed by atoms with Gasteiger partial charge in [-0.1, -0.05) is 0 Å². The lowest BCUT2D eigenvalue weighted by atomic mass is 10.2. The molecule has 1 aromatic heterocycles. The van der Waals surface area contributed by atoms with Crippen molar-refractivity contribution >= 4 is 17.8 Å². The van der Waals surface area contributed by atoms with Crippen LogP contribution in [0.1, 0.15) is 24.3 Å². The maximum absolute atomic E-state index is 12.3. The first kappa shape index (κ1) is 15.7. The first-order chi connectivity index (χ1) is 9.32. The topological polar surface area (TPSA) is 105 Å². The maximum Gasteiger partial charge on any atom is 0.326 e. The van der Waals surface area contributed by atoms with Crippen molar-refractivity contribution in [1.82, 2.24) is 19.8 Å². The summed E-state index contributed by atoms with van der Waals surface area (Å²) < 4.78 is 1.60. The van der Waals surface area contributed by atoms with Crippen LogP contribution in [0.15, 0.2) is 12.5 Å². The number of carboxylic acids is 1. The third kappa shape index (κ3) is 4.08. The van der Waals surface area contributed by atoms with E-state index < -0.39 is 17.9 Å². The van der Waals surface area contributed by atoms with Gasteiger partial charge in [0.25, 0.3) is 5.91 Å². The summed E-state index contributed by atoms with van der Waals surface area (Å²) in [6.45, 7) is 3.05. The largest absolute Gasteiger partial charge is 0.480 e. The molecule has 0 bridgehead atoms. The molecule has 0 aromatic carbocycles. The Morgan fingerprint density at radius 1 is 1.50 bits per heavy atom. The van der Waals surface area contributed by atoms with Crippen molar-refractivity contribution in [3.8, 4) is 0 Å². The third-order valence-electron chi connectivity index (χ3n) is 2.74. The first-order valence-corrected chi connectivity index (χ1v) is 6.09. The van der Waals surface area contributed by atoms with Gasteiger partial charge in [0.2, 0.25) is 5.91 Å². The molecule has 0 radical (unpaired) electrons. The molecule has 8 nitrogen and oxygen atoms in total. The van der Waals surface area contributed by atoms with E-state index in [2.05, 4.69) is 10.3 Å². The summed E-state index contributed by atoms with van der Waals surface area (Å²) in [4.78, 5) is 39.2. The molecule has 0 aliphatic rings. The van der Waals surface area contributed by atoms with E-state index in [1.807, 2.05) is 0 Å². The molecule has 0 saturated carbocycles. The third-order valence-corrected chi connectivity index (χ3v) is 2.74. The highest BCUT2D eigenvalue weighted by molar-refractivity contribution is 5.94. The second-order valence-corrected chi connectivity index (χ2v) is 4.42. The summed E-state index contributed by atoms with van der Waals surface area (Å²) in [7, 11) is 1.71. The maximum atomic E-state index is 12.3. The van der Waals surface area contributed by atoms with Crippen LogP contribution in [0.4, 0.5) is 0 Å². The fraction of sp³-hybridized carbons (Fsp3) is 0.500. The Kier molecular flexibility index (Phi) is 5.24. The van der Waals surface area contributed by atoms with Crippen molar-refractivity contribution in [2.75, 3.05) is 13.1 Å². The summed E-state index contributed by atoms with van der Waals surface area (Å²) >= 11 is 0. The zero-order valence-electron chi connectivity index (χ0n) is 11.7. The fourth-order valence-corrected chi connectivity index (χ4v) is 1.63. The van der Waals surface area contributed by atoms with Gasteiger partial charge in [0.05, 0.1) is 6.33 Å². The number of nitrogens with one attached hydrogen (secondary N) is 1. The van der Waals surface area contributed by atoms with E-state index in [-0.39, 0.29) is 24.7 Å². The Morgan fingerprint density at radius 2 is 2.15 bits per heavy atom. The van der Waals surface area contributed by atoms with Crippen LogP contribution < -0.4 is 5.32 Å². The molecule has 110 valence electrons. The summed E-state index contributed by atoms with van der Waals surface area (Å²) in [6, 6.07) is -1.00. The number of carbonyl (C=O) groups is 3. The van der Waals surface area contributed by atoms with Gasteiger partial charge in [-0.25, -0.2) is 9.78 Å². The number of imidazole rings is 1. The zero-order chi connectivity index (χ0) is 15.3. The molecule has 20 heavy (non-hydrogen) atoms. The molecule has 0 aliphatic carbocycles. The number of aromatic nitrogens is 2. The molecule has 1 rings (SSSR count). The van der Waals surface area contributed by atoms with Gasteiger partial charge >= 0.3 is 5.97 Å². The number of carbonyl (C=O) groups excluding carboxylic acids is 2. The molecule has 0 saturated heterocycles. The molecule has 8 heteroatoms. The molecule has 0 aliphatic heterocycles. The minimum atomic E-state index is -1.11. The lowest BCUT2D eigenvalue weighted by molar-refractivity contribution is -0.141. The van der Waals surface area contributed by atoms with Gasteiger partial charge in [0.1, 0.15) is 11.7 Å². The minimum absolute atomic E-state index is 0.0997. The van der Waals surface area contributed by atoms with Crippen LogP contribution in [-0.2, 0) is 16.6 Å². The average molecular weight is 282 g/mol. The zero-order valence-corrected chi connectivity index (χ0v) is 11.7. The molecule has 2 N–H and O–H groups in total. The van der Waals surface area contributed by atoms with E-state index in [9.17, 15) is 14.4 Å². The summed E-state index contributed by atoms with van der Waals surface area (Å²) in [5, 5.41) is 11.6. The smallest absolute Gasteiger partial charge is 0.326 e. The van der Waals surface area contributed by atoms with E-state index in [0.29, 0.717) is 0 Å². The fourth-order valence-electron chi connectivity index (χ4n) is 1.63. The van der Waals surface area contributed by atoms with Crippen LogP contribution in [0.25, 0.3) is 0 Å². The van der Waals surface area contributed by atoms with Crippen molar-refractivity contribution in [3.63, 3.8) is 0 Å². The van der Waals surface area contributed by atoms with Crippen molar-refractivity contribution in [1.29, 1.82) is 0 Å². The van der Waals surface area contributed by atoms with Crippen LogP contribution in [0.2, 0.25) is 0 Å². The lowest BCUT2D eigenvalue weighted by Crippen LogP contribution is -2.46. The second-order valence-electron chi connectivity index (χ2n) is 4.42. The molecule has 0 spiro atoms.